The van der Waals surface area contributed by atoms with Crippen LogP contribution in [0.4, 0.5) is 5.82 Å². The number of aromatic nitrogens is 3. The minimum Gasteiger partial charge on any atom is -0.349 e. The smallest absolute Gasteiger partial charge is 0.240 e. The minimum absolute atomic E-state index is 0.0752. The lowest BCUT2D eigenvalue weighted by atomic mass is 9.87. The molecule has 1 aromatic carbocycles. The van der Waals surface area contributed by atoms with Crippen molar-refractivity contribution >= 4 is 40.7 Å². The van der Waals surface area contributed by atoms with Gasteiger partial charge in [-0.05, 0) is 53.1 Å². The predicted molar refractivity (Wildman–Crippen MR) is 154 cm³/mol. The summed E-state index contributed by atoms with van der Waals surface area (Å²) in [4.78, 5) is 32.8. The molecule has 7 nitrogen and oxygen atoms in total. The Kier molecular flexibility index (Phi) is 7.40. The molecule has 0 bridgehead atoms. The van der Waals surface area contributed by atoms with E-state index in [1.165, 1.54) is 0 Å². The Morgan fingerprint density at radius 1 is 1.13 bits per heavy atom. The van der Waals surface area contributed by atoms with E-state index in [9.17, 15) is 9.59 Å². The van der Waals surface area contributed by atoms with Crippen molar-refractivity contribution in [1.29, 1.82) is 0 Å². The summed E-state index contributed by atoms with van der Waals surface area (Å²) in [7, 11) is 0. The van der Waals surface area contributed by atoms with Crippen LogP contribution >= 0.6 is 23.1 Å². The summed E-state index contributed by atoms with van der Waals surface area (Å²) in [6, 6.07) is 15.7. The van der Waals surface area contributed by atoms with Gasteiger partial charge in [-0.25, -0.2) is 4.68 Å². The molecule has 1 atom stereocenters. The van der Waals surface area contributed by atoms with Gasteiger partial charge in [-0.15, -0.1) is 11.8 Å². The van der Waals surface area contributed by atoms with Gasteiger partial charge in [-0.1, -0.05) is 45.0 Å². The summed E-state index contributed by atoms with van der Waals surface area (Å²) in [5.74, 6) is 0.574. The Morgan fingerprint density at radius 2 is 1.92 bits per heavy atom. The lowest BCUT2D eigenvalue weighted by molar-refractivity contribution is -0.123. The topological polar surface area (TPSA) is 80.1 Å². The fraction of sp³-hybridized carbons (Fsp3) is 0.310. The molecule has 38 heavy (non-hydrogen) atoms. The maximum Gasteiger partial charge on any atom is 0.240 e. The minimum atomic E-state index is -0.285. The van der Waals surface area contributed by atoms with E-state index in [-0.39, 0.29) is 34.8 Å². The highest BCUT2D eigenvalue weighted by Gasteiger charge is 2.40. The molecule has 0 aliphatic carbocycles. The molecule has 9 heteroatoms. The molecular formula is C29H31N5O2S2. The van der Waals surface area contributed by atoms with Gasteiger partial charge < -0.3 is 5.32 Å². The van der Waals surface area contributed by atoms with E-state index in [4.69, 9.17) is 5.10 Å². The normalized spacial score (nSPS) is 15.7. The van der Waals surface area contributed by atoms with Crippen molar-refractivity contribution in [3.05, 3.63) is 93.6 Å². The van der Waals surface area contributed by atoms with Gasteiger partial charge in [0, 0.05) is 17.2 Å². The highest BCUT2D eigenvalue weighted by atomic mass is 32.2. The first-order chi connectivity index (χ1) is 18.2. The zero-order chi connectivity index (χ0) is 26.9. The lowest BCUT2D eigenvalue weighted by Gasteiger charge is -2.24. The first-order valence-electron chi connectivity index (χ1n) is 12.5. The molecule has 4 aromatic rings. The average molecular weight is 546 g/mol. The quantitative estimate of drug-likeness (QED) is 0.350. The van der Waals surface area contributed by atoms with Gasteiger partial charge in [0.15, 0.2) is 0 Å². The Bertz CT molecular complexity index is 1440. The van der Waals surface area contributed by atoms with Crippen molar-refractivity contribution < 1.29 is 9.59 Å². The summed E-state index contributed by atoms with van der Waals surface area (Å²) >= 11 is 3.24. The Labute approximate surface area is 231 Å². The van der Waals surface area contributed by atoms with Crippen LogP contribution in [0, 0.1) is 6.92 Å². The van der Waals surface area contributed by atoms with E-state index < -0.39 is 0 Å². The van der Waals surface area contributed by atoms with Crippen LogP contribution in [-0.2, 0) is 21.5 Å². The molecule has 0 saturated carbocycles. The molecule has 2 amide bonds. The SMILES string of the molecule is Cc1ccccc1-n1nc(C(C)(C)C)c2c1N(CC(=O)NCc1ccccn1)C(=O)CS[C@@H]2c1ccsc1. The van der Waals surface area contributed by atoms with E-state index in [2.05, 4.69) is 47.9 Å². The van der Waals surface area contributed by atoms with E-state index in [0.717, 1.165) is 33.8 Å². The van der Waals surface area contributed by atoms with Gasteiger partial charge in [-0.3, -0.25) is 19.5 Å². The first-order valence-corrected chi connectivity index (χ1v) is 14.5. The molecule has 1 N–H and O–H groups in total. The molecule has 4 heterocycles. The van der Waals surface area contributed by atoms with Crippen LogP contribution in [0.2, 0.25) is 0 Å². The Hall–Kier alpha value is -3.43. The first kappa shape index (κ1) is 26.2. The van der Waals surface area contributed by atoms with E-state index in [0.29, 0.717) is 12.4 Å². The molecule has 196 valence electrons. The summed E-state index contributed by atoms with van der Waals surface area (Å²) in [6.07, 6.45) is 1.70. The van der Waals surface area contributed by atoms with Crippen LogP contribution in [0.15, 0.2) is 65.5 Å². The van der Waals surface area contributed by atoms with E-state index in [1.54, 1.807) is 34.2 Å². The number of anilines is 1. The fourth-order valence-corrected chi connectivity index (χ4v) is 6.58. The number of benzene rings is 1. The van der Waals surface area contributed by atoms with Crippen molar-refractivity contribution in [3.63, 3.8) is 0 Å². The number of hydrogen-bond acceptors (Lipinski definition) is 6. The highest BCUT2D eigenvalue weighted by Crippen LogP contribution is 2.48. The molecule has 0 unspecified atom stereocenters. The van der Waals surface area contributed by atoms with Crippen molar-refractivity contribution in [1.82, 2.24) is 20.1 Å². The monoisotopic (exact) mass is 545 g/mol. The van der Waals surface area contributed by atoms with Gasteiger partial charge >= 0.3 is 0 Å². The molecule has 1 aliphatic rings. The second kappa shape index (κ2) is 10.7. The van der Waals surface area contributed by atoms with Crippen molar-refractivity contribution in [3.8, 4) is 5.69 Å². The molecule has 0 saturated heterocycles. The number of rotatable bonds is 6. The number of aryl methyl sites for hydroxylation is 1. The van der Waals surface area contributed by atoms with Crippen LogP contribution in [-0.4, -0.2) is 38.9 Å². The van der Waals surface area contributed by atoms with Gasteiger partial charge in [0.1, 0.15) is 12.4 Å². The van der Waals surface area contributed by atoms with Crippen molar-refractivity contribution in [2.75, 3.05) is 17.2 Å². The van der Waals surface area contributed by atoms with Gasteiger partial charge in [0.2, 0.25) is 11.8 Å². The van der Waals surface area contributed by atoms with Crippen LogP contribution in [0.3, 0.4) is 0 Å². The molecule has 3 aromatic heterocycles. The molecular weight excluding hydrogens is 514 g/mol. The fourth-order valence-electron chi connectivity index (χ4n) is 4.62. The van der Waals surface area contributed by atoms with Crippen LogP contribution < -0.4 is 10.2 Å². The number of thiophene rings is 1. The number of para-hydroxylation sites is 1. The molecule has 1 aliphatic heterocycles. The Balaban J connectivity index is 1.64. The number of thioether (sulfide) groups is 1. The number of fused-ring (bicyclic) bond motifs is 1. The summed E-state index contributed by atoms with van der Waals surface area (Å²) in [6.45, 7) is 8.66. The summed E-state index contributed by atoms with van der Waals surface area (Å²) in [5, 5.41) is 12.2. The maximum atomic E-state index is 13.7. The maximum absolute atomic E-state index is 13.7. The predicted octanol–water partition coefficient (Wildman–Crippen LogP) is 5.42. The summed E-state index contributed by atoms with van der Waals surface area (Å²) in [5.41, 5.74) is 5.46. The third-order valence-electron chi connectivity index (χ3n) is 6.48. The largest absolute Gasteiger partial charge is 0.349 e. The zero-order valence-corrected chi connectivity index (χ0v) is 23.6. The third-order valence-corrected chi connectivity index (χ3v) is 8.44. The second-order valence-corrected chi connectivity index (χ2v) is 12.2. The number of nitrogens with one attached hydrogen (secondary N) is 1. The lowest BCUT2D eigenvalue weighted by Crippen LogP contribution is -2.42. The second-order valence-electron chi connectivity index (χ2n) is 10.4. The highest BCUT2D eigenvalue weighted by molar-refractivity contribution is 8.00. The number of hydrogen-bond donors (Lipinski definition) is 1. The van der Waals surface area contributed by atoms with E-state index >= 15 is 0 Å². The standard InChI is InChI=1S/C29H31N5O2S2/c1-19-9-5-6-11-22(19)34-28-25(27(32-34)29(2,3)4)26(20-12-14-37-17-20)38-18-24(36)33(28)16-23(35)31-15-21-10-7-8-13-30-21/h5-14,17,26H,15-16,18H2,1-4H3,(H,31,35)/t26-/m1/s1. The summed E-state index contributed by atoms with van der Waals surface area (Å²) < 4.78 is 1.88. The molecule has 5 rings (SSSR count). The zero-order valence-electron chi connectivity index (χ0n) is 22.0. The molecule has 0 fully saturated rings. The number of carbonyl (C=O) groups excluding carboxylic acids is 2. The van der Waals surface area contributed by atoms with Crippen molar-refractivity contribution in [2.45, 2.75) is 44.9 Å². The van der Waals surface area contributed by atoms with Crippen molar-refractivity contribution in [2.24, 2.45) is 0 Å². The number of carbonyl (C=O) groups is 2. The van der Waals surface area contributed by atoms with Gasteiger partial charge in [-0.2, -0.15) is 16.4 Å². The molecule has 0 radical (unpaired) electrons. The number of pyridine rings is 1. The van der Waals surface area contributed by atoms with Crippen LogP contribution in [0.1, 0.15) is 54.1 Å². The molecule has 0 spiro atoms. The Morgan fingerprint density at radius 3 is 2.61 bits per heavy atom. The van der Waals surface area contributed by atoms with Crippen LogP contribution in [0.5, 0.6) is 0 Å². The average Bonchev–Trinajstić information content (AvgIpc) is 3.54. The number of nitrogens with zero attached hydrogens (tertiary/aromatic N) is 4. The van der Waals surface area contributed by atoms with Gasteiger partial charge in [0.05, 0.1) is 34.6 Å². The van der Waals surface area contributed by atoms with Crippen LogP contribution in [0.25, 0.3) is 5.69 Å². The number of amides is 2. The third kappa shape index (κ3) is 5.26. The van der Waals surface area contributed by atoms with E-state index in [1.807, 2.05) is 54.1 Å². The van der Waals surface area contributed by atoms with Gasteiger partial charge in [0.25, 0.3) is 0 Å².